The Morgan fingerprint density at radius 3 is 2.57 bits per heavy atom. The quantitative estimate of drug-likeness (QED) is 0.516. The molecule has 1 fully saturated rings. The van der Waals surface area contributed by atoms with Crippen LogP contribution < -0.4 is 9.47 Å². The minimum Gasteiger partial charge on any atom is -0.490 e. The molecule has 3 rings (SSSR count). The summed E-state index contributed by atoms with van der Waals surface area (Å²) in [5.74, 6) is 0.819. The summed E-state index contributed by atoms with van der Waals surface area (Å²) in [4.78, 5) is 14.2. The van der Waals surface area contributed by atoms with E-state index in [9.17, 15) is 15.3 Å². The lowest BCUT2D eigenvalue weighted by Crippen LogP contribution is -2.28. The summed E-state index contributed by atoms with van der Waals surface area (Å²) < 4.78 is 11.6. The minimum atomic E-state index is -0.235. The maximum atomic E-state index is 12.5. The van der Waals surface area contributed by atoms with Crippen molar-refractivity contribution in [2.45, 2.75) is 26.4 Å². The number of likely N-dealkylation sites (tertiary alicyclic amines) is 1. The molecule has 6 nitrogen and oxygen atoms in total. The number of nitriles is 2. The molecule has 2 aromatic rings. The highest BCUT2D eigenvalue weighted by Gasteiger charge is 2.21. The van der Waals surface area contributed by atoms with E-state index >= 15 is 0 Å². The fourth-order valence-corrected chi connectivity index (χ4v) is 3.31. The molecular weight excluding hydrogens is 378 g/mol. The Morgan fingerprint density at radius 1 is 1.10 bits per heavy atom. The molecule has 0 atom stereocenters. The lowest BCUT2D eigenvalue weighted by atomic mass is 10.1. The zero-order chi connectivity index (χ0) is 21.3. The molecule has 0 unspecified atom stereocenters. The van der Waals surface area contributed by atoms with Gasteiger partial charge in [-0.1, -0.05) is 24.3 Å². The van der Waals surface area contributed by atoms with Gasteiger partial charge in [0.05, 0.1) is 18.2 Å². The van der Waals surface area contributed by atoms with Gasteiger partial charge in [-0.15, -0.1) is 0 Å². The highest BCUT2D eigenvalue weighted by molar-refractivity contribution is 6.01. The number of amides is 1. The number of nitrogens with zero attached hydrogens (tertiary/aromatic N) is 3. The van der Waals surface area contributed by atoms with E-state index in [1.54, 1.807) is 35.2 Å². The van der Waals surface area contributed by atoms with Crippen LogP contribution in [0.25, 0.3) is 6.08 Å². The van der Waals surface area contributed by atoms with Gasteiger partial charge in [0.15, 0.2) is 11.5 Å². The molecule has 0 bridgehead atoms. The smallest absolute Gasteiger partial charge is 0.264 e. The molecule has 152 valence electrons. The first-order valence-electron chi connectivity index (χ1n) is 9.95. The largest absolute Gasteiger partial charge is 0.490 e. The average Bonchev–Trinajstić information content (AvgIpc) is 3.32. The Hall–Kier alpha value is -3.77. The molecule has 0 aliphatic carbocycles. The van der Waals surface area contributed by atoms with Crippen LogP contribution in [0.2, 0.25) is 0 Å². The van der Waals surface area contributed by atoms with Gasteiger partial charge in [-0.3, -0.25) is 4.79 Å². The number of hydrogen-bond acceptors (Lipinski definition) is 5. The van der Waals surface area contributed by atoms with Gasteiger partial charge in [0, 0.05) is 18.7 Å². The Bertz CT molecular complexity index is 1020. The van der Waals surface area contributed by atoms with Crippen LogP contribution in [-0.4, -0.2) is 30.5 Å². The van der Waals surface area contributed by atoms with Crippen molar-refractivity contribution in [3.05, 3.63) is 64.7 Å². The highest BCUT2D eigenvalue weighted by Crippen LogP contribution is 2.30. The Labute approximate surface area is 176 Å². The predicted octanol–water partition coefficient (Wildman–Crippen LogP) is 4.07. The zero-order valence-corrected chi connectivity index (χ0v) is 16.9. The maximum Gasteiger partial charge on any atom is 0.264 e. The third kappa shape index (κ3) is 4.98. The molecule has 0 N–H and O–H groups in total. The van der Waals surface area contributed by atoms with Gasteiger partial charge in [-0.05, 0) is 49.6 Å². The van der Waals surface area contributed by atoms with E-state index in [2.05, 4.69) is 6.07 Å². The Balaban J connectivity index is 1.81. The van der Waals surface area contributed by atoms with Crippen LogP contribution in [0.4, 0.5) is 0 Å². The number of rotatable bonds is 7. The van der Waals surface area contributed by atoms with E-state index in [4.69, 9.17) is 9.47 Å². The summed E-state index contributed by atoms with van der Waals surface area (Å²) in [6.07, 6.45) is 3.53. The molecule has 1 saturated heterocycles. The van der Waals surface area contributed by atoms with Crippen LogP contribution in [0.3, 0.4) is 0 Å². The number of carbonyl (C=O) groups excluding carboxylic acids is 1. The molecule has 1 amide bonds. The van der Waals surface area contributed by atoms with Crippen molar-refractivity contribution >= 4 is 12.0 Å². The van der Waals surface area contributed by atoms with Crippen LogP contribution >= 0.6 is 0 Å². The highest BCUT2D eigenvalue weighted by atomic mass is 16.5. The monoisotopic (exact) mass is 401 g/mol. The molecule has 30 heavy (non-hydrogen) atoms. The predicted molar refractivity (Wildman–Crippen MR) is 113 cm³/mol. The first kappa shape index (κ1) is 21.0. The van der Waals surface area contributed by atoms with Gasteiger partial charge in [0.25, 0.3) is 5.91 Å². The maximum absolute atomic E-state index is 12.5. The van der Waals surface area contributed by atoms with Crippen molar-refractivity contribution in [3.8, 4) is 23.6 Å². The molecule has 0 spiro atoms. The molecule has 1 heterocycles. The van der Waals surface area contributed by atoms with Gasteiger partial charge >= 0.3 is 0 Å². The first-order valence-corrected chi connectivity index (χ1v) is 9.95. The van der Waals surface area contributed by atoms with Crippen LogP contribution in [0.15, 0.2) is 48.0 Å². The Morgan fingerprint density at radius 2 is 1.87 bits per heavy atom. The second-order valence-electron chi connectivity index (χ2n) is 6.87. The van der Waals surface area contributed by atoms with E-state index < -0.39 is 0 Å². The number of hydrogen-bond donors (Lipinski definition) is 0. The fourth-order valence-electron chi connectivity index (χ4n) is 3.31. The SMILES string of the molecule is CCOc1cc(/C=C(\C#N)C(=O)N2CCCC2)ccc1OCc1ccccc1C#N. The fraction of sp³-hybridized carbons (Fsp3) is 0.292. The van der Waals surface area contributed by atoms with Crippen molar-refractivity contribution in [1.29, 1.82) is 10.5 Å². The molecule has 1 aliphatic heterocycles. The summed E-state index contributed by atoms with van der Waals surface area (Å²) in [5, 5.41) is 18.7. The lowest BCUT2D eigenvalue weighted by molar-refractivity contribution is -0.125. The van der Waals surface area contributed by atoms with Crippen molar-refractivity contribution in [2.24, 2.45) is 0 Å². The van der Waals surface area contributed by atoms with Gasteiger partial charge in [-0.2, -0.15) is 10.5 Å². The summed E-state index contributed by atoms with van der Waals surface area (Å²) in [6, 6.07) is 16.7. The van der Waals surface area contributed by atoms with Crippen molar-refractivity contribution in [3.63, 3.8) is 0 Å². The molecule has 2 aromatic carbocycles. The standard InChI is InChI=1S/C24H23N3O3/c1-2-29-23-14-18(13-21(16-26)24(28)27-11-5-6-12-27)9-10-22(23)30-17-20-8-4-3-7-19(20)15-25/h3-4,7-10,13-14H,2,5-6,11-12,17H2,1H3/b21-13+. The second kappa shape index (κ2) is 10.1. The molecule has 6 heteroatoms. The van der Waals surface area contributed by atoms with E-state index in [1.165, 1.54) is 0 Å². The van der Waals surface area contributed by atoms with Crippen molar-refractivity contribution in [1.82, 2.24) is 4.90 Å². The van der Waals surface area contributed by atoms with E-state index in [0.717, 1.165) is 18.4 Å². The third-order valence-electron chi connectivity index (χ3n) is 4.84. The third-order valence-corrected chi connectivity index (χ3v) is 4.84. The molecule has 0 aromatic heterocycles. The Kier molecular flexibility index (Phi) is 7.08. The summed E-state index contributed by atoms with van der Waals surface area (Å²) in [7, 11) is 0. The lowest BCUT2D eigenvalue weighted by Gasteiger charge is -2.15. The molecule has 1 aliphatic rings. The average molecular weight is 401 g/mol. The summed E-state index contributed by atoms with van der Waals surface area (Å²) >= 11 is 0. The molecule has 0 radical (unpaired) electrons. The van der Waals surface area contributed by atoms with Crippen LogP contribution in [0.5, 0.6) is 11.5 Å². The van der Waals surface area contributed by atoms with Gasteiger partial charge in [-0.25, -0.2) is 0 Å². The van der Waals surface area contributed by atoms with E-state index in [0.29, 0.717) is 42.3 Å². The van der Waals surface area contributed by atoms with Crippen molar-refractivity contribution < 1.29 is 14.3 Å². The van der Waals surface area contributed by atoms with Gasteiger partial charge in [0.2, 0.25) is 0 Å². The van der Waals surface area contributed by atoms with Crippen LogP contribution in [0.1, 0.15) is 36.5 Å². The van der Waals surface area contributed by atoms with Crippen molar-refractivity contribution in [2.75, 3.05) is 19.7 Å². The topological polar surface area (TPSA) is 86.3 Å². The summed E-state index contributed by atoms with van der Waals surface area (Å²) in [5.41, 5.74) is 2.15. The normalized spacial score (nSPS) is 13.4. The van der Waals surface area contributed by atoms with E-state index in [-0.39, 0.29) is 18.1 Å². The van der Waals surface area contributed by atoms with E-state index in [1.807, 2.05) is 31.2 Å². The summed E-state index contributed by atoms with van der Waals surface area (Å²) in [6.45, 7) is 3.93. The zero-order valence-electron chi connectivity index (χ0n) is 16.9. The minimum absolute atomic E-state index is 0.107. The van der Waals surface area contributed by atoms with Crippen LogP contribution in [-0.2, 0) is 11.4 Å². The number of ether oxygens (including phenoxy) is 2. The number of benzene rings is 2. The number of carbonyl (C=O) groups is 1. The van der Waals surface area contributed by atoms with Gasteiger partial charge in [0.1, 0.15) is 18.2 Å². The first-order chi connectivity index (χ1) is 14.7. The van der Waals surface area contributed by atoms with Crippen LogP contribution in [0, 0.1) is 22.7 Å². The second-order valence-corrected chi connectivity index (χ2v) is 6.87. The molecule has 0 saturated carbocycles. The molecular formula is C24H23N3O3. The van der Waals surface area contributed by atoms with Gasteiger partial charge < -0.3 is 14.4 Å².